The summed E-state index contributed by atoms with van der Waals surface area (Å²) in [5.74, 6) is -0.0402. The predicted molar refractivity (Wildman–Crippen MR) is 76.1 cm³/mol. The third-order valence-corrected chi connectivity index (χ3v) is 6.71. The van der Waals surface area contributed by atoms with Crippen LogP contribution in [0, 0.1) is 5.82 Å². The molecule has 1 aromatic carbocycles. The lowest BCUT2D eigenvalue weighted by atomic mass is 10.2. The molecule has 1 fully saturated rings. The van der Waals surface area contributed by atoms with Gasteiger partial charge in [0.2, 0.25) is 10.0 Å². The first kappa shape index (κ1) is 14.6. The van der Waals surface area contributed by atoms with Crippen molar-refractivity contribution >= 4 is 27.5 Å². The van der Waals surface area contributed by atoms with Crippen molar-refractivity contribution in [2.45, 2.75) is 30.0 Å². The summed E-state index contributed by atoms with van der Waals surface area (Å²) in [6.45, 7) is 4.22. The molecule has 2 unspecified atom stereocenters. The van der Waals surface area contributed by atoms with E-state index in [2.05, 4.69) is 0 Å². The largest absolute Gasteiger partial charge is 0.399 e. The van der Waals surface area contributed by atoms with Crippen LogP contribution in [0.1, 0.15) is 13.8 Å². The van der Waals surface area contributed by atoms with Gasteiger partial charge < -0.3 is 5.73 Å². The predicted octanol–water partition coefficient (Wildman–Crippen LogP) is 1.92. The van der Waals surface area contributed by atoms with Gasteiger partial charge in [0.1, 0.15) is 10.7 Å². The summed E-state index contributed by atoms with van der Waals surface area (Å²) < 4.78 is 40.2. The van der Waals surface area contributed by atoms with Crippen LogP contribution in [-0.2, 0) is 10.0 Å². The summed E-state index contributed by atoms with van der Waals surface area (Å²) >= 11 is 1.72. The zero-order chi connectivity index (χ0) is 14.2. The van der Waals surface area contributed by atoms with E-state index in [0.29, 0.717) is 12.3 Å². The number of nitrogen functional groups attached to an aromatic ring is 1. The Labute approximate surface area is 117 Å². The molecule has 0 aliphatic carbocycles. The minimum Gasteiger partial charge on any atom is -0.399 e. The number of halogens is 1. The van der Waals surface area contributed by atoms with Crippen LogP contribution in [-0.4, -0.2) is 36.3 Å². The third kappa shape index (κ3) is 2.73. The maximum absolute atomic E-state index is 13.8. The number of nitrogens with zero attached hydrogens (tertiary/aromatic N) is 1. The van der Waals surface area contributed by atoms with Crippen LogP contribution in [0.4, 0.5) is 10.1 Å². The Morgan fingerprint density at radius 1 is 1.42 bits per heavy atom. The Bertz CT molecular complexity index is 577. The van der Waals surface area contributed by atoms with Crippen LogP contribution in [0.2, 0.25) is 0 Å². The number of anilines is 1. The Kier molecular flexibility index (Phi) is 4.08. The molecule has 19 heavy (non-hydrogen) atoms. The van der Waals surface area contributed by atoms with Gasteiger partial charge in [-0.1, -0.05) is 6.92 Å². The smallest absolute Gasteiger partial charge is 0.246 e. The van der Waals surface area contributed by atoms with E-state index in [1.165, 1.54) is 16.4 Å². The average molecular weight is 304 g/mol. The fourth-order valence-corrected chi connectivity index (χ4v) is 5.18. The summed E-state index contributed by atoms with van der Waals surface area (Å²) in [6, 6.07) is 3.47. The van der Waals surface area contributed by atoms with E-state index in [1.54, 1.807) is 11.8 Å². The summed E-state index contributed by atoms with van der Waals surface area (Å²) in [4.78, 5) is -0.335. The summed E-state index contributed by atoms with van der Waals surface area (Å²) in [6.07, 6.45) is 0. The number of rotatable bonds is 2. The maximum atomic E-state index is 13.8. The lowest BCUT2D eigenvalue weighted by Crippen LogP contribution is -2.48. The highest BCUT2D eigenvalue weighted by atomic mass is 32.2. The molecule has 1 saturated heterocycles. The SMILES string of the molecule is CC1SCCN(S(=O)(=O)c2cc(N)ccc2F)C1C. The number of hydrogen-bond acceptors (Lipinski definition) is 4. The average Bonchev–Trinajstić information content (AvgIpc) is 2.35. The zero-order valence-electron chi connectivity index (χ0n) is 10.8. The van der Waals surface area contributed by atoms with E-state index in [0.717, 1.165) is 6.07 Å². The highest BCUT2D eigenvalue weighted by Crippen LogP contribution is 2.30. The van der Waals surface area contributed by atoms with Gasteiger partial charge in [-0.05, 0) is 25.1 Å². The van der Waals surface area contributed by atoms with E-state index < -0.39 is 15.8 Å². The number of hydrogen-bond donors (Lipinski definition) is 1. The van der Waals surface area contributed by atoms with Gasteiger partial charge in [0.25, 0.3) is 0 Å². The molecule has 0 bridgehead atoms. The second-order valence-electron chi connectivity index (χ2n) is 4.62. The minimum atomic E-state index is -3.83. The van der Waals surface area contributed by atoms with E-state index in [-0.39, 0.29) is 21.9 Å². The van der Waals surface area contributed by atoms with E-state index in [4.69, 9.17) is 5.73 Å². The standard InChI is InChI=1S/C12H17FN2O2S2/c1-8-9(2)18-6-5-15(8)19(16,17)12-7-10(14)3-4-11(12)13/h3-4,7-9H,5-6,14H2,1-2H3. The molecule has 0 spiro atoms. The van der Waals surface area contributed by atoms with Crippen LogP contribution < -0.4 is 5.73 Å². The van der Waals surface area contributed by atoms with E-state index in [9.17, 15) is 12.8 Å². The molecule has 7 heteroatoms. The molecule has 1 aliphatic heterocycles. The molecule has 2 atom stereocenters. The first-order chi connectivity index (χ1) is 8.84. The molecule has 0 radical (unpaired) electrons. The molecule has 0 aromatic heterocycles. The molecule has 0 amide bonds. The number of benzene rings is 1. The molecule has 1 heterocycles. The number of nitrogens with two attached hydrogens (primary N) is 1. The van der Waals surface area contributed by atoms with E-state index in [1.807, 2.05) is 13.8 Å². The molecule has 106 valence electrons. The van der Waals surface area contributed by atoms with Gasteiger partial charge in [0, 0.05) is 29.3 Å². The van der Waals surface area contributed by atoms with Crippen LogP contribution in [0.5, 0.6) is 0 Å². The fraction of sp³-hybridized carbons (Fsp3) is 0.500. The van der Waals surface area contributed by atoms with Crippen molar-refractivity contribution in [3.63, 3.8) is 0 Å². The van der Waals surface area contributed by atoms with Gasteiger partial charge in [-0.25, -0.2) is 12.8 Å². The molecular weight excluding hydrogens is 287 g/mol. The molecule has 2 rings (SSSR count). The first-order valence-corrected chi connectivity index (χ1v) is 8.51. The van der Waals surface area contributed by atoms with Gasteiger partial charge in [-0.3, -0.25) is 0 Å². The monoisotopic (exact) mass is 304 g/mol. The topological polar surface area (TPSA) is 63.4 Å². The molecule has 4 nitrogen and oxygen atoms in total. The van der Waals surface area contributed by atoms with Crippen molar-refractivity contribution in [3.8, 4) is 0 Å². The van der Waals surface area contributed by atoms with Crippen LogP contribution in [0.3, 0.4) is 0 Å². The second-order valence-corrected chi connectivity index (χ2v) is 7.97. The Morgan fingerprint density at radius 2 is 2.11 bits per heavy atom. The van der Waals surface area contributed by atoms with Gasteiger partial charge in [0.05, 0.1) is 0 Å². The van der Waals surface area contributed by atoms with Crippen molar-refractivity contribution < 1.29 is 12.8 Å². The molecule has 2 N–H and O–H groups in total. The van der Waals surface area contributed by atoms with Crippen LogP contribution in [0.25, 0.3) is 0 Å². The molecular formula is C12H17FN2O2S2. The maximum Gasteiger partial charge on any atom is 0.246 e. The van der Waals surface area contributed by atoms with Crippen LogP contribution in [0.15, 0.2) is 23.1 Å². The highest BCUT2D eigenvalue weighted by molar-refractivity contribution is 8.00. The quantitative estimate of drug-likeness (QED) is 0.848. The van der Waals surface area contributed by atoms with Crippen molar-refractivity contribution in [1.82, 2.24) is 4.31 Å². The van der Waals surface area contributed by atoms with Crippen molar-refractivity contribution in [2.75, 3.05) is 18.0 Å². The van der Waals surface area contributed by atoms with Gasteiger partial charge in [-0.15, -0.1) is 0 Å². The molecule has 0 saturated carbocycles. The first-order valence-electron chi connectivity index (χ1n) is 6.02. The highest BCUT2D eigenvalue weighted by Gasteiger charge is 2.36. The Morgan fingerprint density at radius 3 is 2.79 bits per heavy atom. The lowest BCUT2D eigenvalue weighted by Gasteiger charge is -2.36. The number of thioether (sulfide) groups is 1. The van der Waals surface area contributed by atoms with Gasteiger partial charge >= 0.3 is 0 Å². The van der Waals surface area contributed by atoms with Crippen molar-refractivity contribution in [1.29, 1.82) is 0 Å². The summed E-state index contributed by atoms with van der Waals surface area (Å²) in [5, 5.41) is 0.188. The lowest BCUT2D eigenvalue weighted by molar-refractivity contribution is 0.338. The summed E-state index contributed by atoms with van der Waals surface area (Å²) in [5.41, 5.74) is 5.80. The Hall–Kier alpha value is -0.790. The van der Waals surface area contributed by atoms with Crippen LogP contribution >= 0.6 is 11.8 Å². The normalized spacial score (nSPS) is 25.4. The molecule has 1 aliphatic rings. The minimum absolute atomic E-state index is 0.162. The van der Waals surface area contributed by atoms with Crippen molar-refractivity contribution in [2.24, 2.45) is 0 Å². The van der Waals surface area contributed by atoms with Gasteiger partial charge in [-0.2, -0.15) is 16.1 Å². The molecule has 1 aromatic rings. The van der Waals surface area contributed by atoms with Gasteiger partial charge in [0.15, 0.2) is 0 Å². The third-order valence-electron chi connectivity index (χ3n) is 3.37. The summed E-state index contributed by atoms with van der Waals surface area (Å²) in [7, 11) is -3.83. The Balaban J connectivity index is 2.44. The second kappa shape index (κ2) is 5.30. The zero-order valence-corrected chi connectivity index (χ0v) is 12.5. The van der Waals surface area contributed by atoms with Crippen molar-refractivity contribution in [3.05, 3.63) is 24.0 Å². The number of sulfonamides is 1. The fourth-order valence-electron chi connectivity index (χ4n) is 2.09. The van der Waals surface area contributed by atoms with E-state index >= 15 is 0 Å².